The second-order valence-corrected chi connectivity index (χ2v) is 5.27. The van der Waals surface area contributed by atoms with Gasteiger partial charge in [-0.3, -0.25) is 4.79 Å². The van der Waals surface area contributed by atoms with Crippen LogP contribution in [0.5, 0.6) is 11.5 Å². The molecule has 128 valence electrons. The Balaban J connectivity index is 1.85. The van der Waals surface area contributed by atoms with Crippen molar-refractivity contribution in [2.24, 2.45) is 5.16 Å². The maximum absolute atomic E-state index is 12.3. The molecular formula is C18H16N2O5. The van der Waals surface area contributed by atoms with Crippen LogP contribution in [0, 0.1) is 0 Å². The molecule has 2 aromatic rings. The number of ether oxygens (including phenoxy) is 2. The number of para-hydroxylation sites is 1. The molecule has 1 heterocycles. The molecule has 0 atom stereocenters. The van der Waals surface area contributed by atoms with Gasteiger partial charge in [0.15, 0.2) is 17.2 Å². The summed E-state index contributed by atoms with van der Waals surface area (Å²) in [6.45, 7) is 0. The van der Waals surface area contributed by atoms with Crippen molar-refractivity contribution < 1.29 is 23.9 Å². The van der Waals surface area contributed by atoms with Crippen LogP contribution in [-0.2, 0) is 9.63 Å². The van der Waals surface area contributed by atoms with Crippen molar-refractivity contribution >= 4 is 23.3 Å². The molecule has 0 bridgehead atoms. The molecule has 7 nitrogen and oxygen atoms in total. The number of amides is 1. The number of benzene rings is 2. The number of nitrogens with zero attached hydrogens (tertiary/aromatic N) is 2. The number of methoxy groups -OCH3 is 2. The normalized spacial score (nSPS) is 14.4. The molecular weight excluding hydrogens is 324 g/mol. The molecule has 0 aromatic heterocycles. The average Bonchev–Trinajstić information content (AvgIpc) is 2.90. The molecule has 0 saturated carbocycles. The lowest BCUT2D eigenvalue weighted by atomic mass is 10.1. The third-order valence-electron chi connectivity index (χ3n) is 3.87. The summed E-state index contributed by atoms with van der Waals surface area (Å²) >= 11 is 0. The average molecular weight is 340 g/mol. The van der Waals surface area contributed by atoms with E-state index in [0.717, 1.165) is 0 Å². The van der Waals surface area contributed by atoms with Crippen LogP contribution in [0.2, 0.25) is 0 Å². The van der Waals surface area contributed by atoms with Gasteiger partial charge in [-0.05, 0) is 24.3 Å². The Hall–Kier alpha value is -3.35. The van der Waals surface area contributed by atoms with Gasteiger partial charge in [-0.1, -0.05) is 23.4 Å². The third kappa shape index (κ3) is 2.91. The number of hydrogen-bond donors (Lipinski definition) is 0. The van der Waals surface area contributed by atoms with E-state index in [0.29, 0.717) is 22.7 Å². The van der Waals surface area contributed by atoms with Crippen molar-refractivity contribution in [1.82, 2.24) is 0 Å². The molecule has 0 aliphatic carbocycles. The Kier molecular flexibility index (Phi) is 4.38. The third-order valence-corrected chi connectivity index (χ3v) is 3.87. The molecule has 3 rings (SSSR count). The minimum absolute atomic E-state index is 0.0897. The predicted molar refractivity (Wildman–Crippen MR) is 91.4 cm³/mol. The zero-order valence-electron chi connectivity index (χ0n) is 14.0. The van der Waals surface area contributed by atoms with Crippen LogP contribution in [0.4, 0.5) is 5.69 Å². The van der Waals surface area contributed by atoms with E-state index in [-0.39, 0.29) is 17.2 Å². The highest BCUT2D eigenvalue weighted by Gasteiger charge is 2.32. The highest BCUT2D eigenvalue weighted by Crippen LogP contribution is 2.29. The second kappa shape index (κ2) is 6.64. The van der Waals surface area contributed by atoms with E-state index in [9.17, 15) is 9.59 Å². The molecule has 7 heteroatoms. The number of carbonyl (C=O) groups is 2. The first-order valence-corrected chi connectivity index (χ1v) is 7.45. The summed E-state index contributed by atoms with van der Waals surface area (Å²) in [5.41, 5.74) is 1.66. The topological polar surface area (TPSA) is 77.4 Å². The molecule has 0 unspecified atom stereocenters. The SMILES string of the molecule is COc1ccc(C(=O)ON=C2C(=O)N(C)c3ccccc32)cc1OC. The second-order valence-electron chi connectivity index (χ2n) is 5.27. The number of oxime groups is 1. The van der Waals surface area contributed by atoms with Crippen LogP contribution in [0.1, 0.15) is 15.9 Å². The zero-order valence-corrected chi connectivity index (χ0v) is 14.0. The Morgan fingerprint density at radius 2 is 1.76 bits per heavy atom. The van der Waals surface area contributed by atoms with Gasteiger partial charge >= 0.3 is 5.97 Å². The Morgan fingerprint density at radius 1 is 1.04 bits per heavy atom. The molecule has 0 N–H and O–H groups in total. The van der Waals surface area contributed by atoms with E-state index in [4.69, 9.17) is 14.3 Å². The van der Waals surface area contributed by atoms with Gasteiger partial charge < -0.3 is 19.2 Å². The Labute approximate surface area is 144 Å². The maximum Gasteiger partial charge on any atom is 0.365 e. The van der Waals surface area contributed by atoms with E-state index in [1.807, 2.05) is 6.07 Å². The molecule has 0 saturated heterocycles. The van der Waals surface area contributed by atoms with Crippen LogP contribution in [-0.4, -0.2) is 38.9 Å². The van der Waals surface area contributed by atoms with Crippen molar-refractivity contribution in [2.45, 2.75) is 0 Å². The highest BCUT2D eigenvalue weighted by molar-refractivity contribution is 6.54. The van der Waals surface area contributed by atoms with E-state index < -0.39 is 5.97 Å². The van der Waals surface area contributed by atoms with Gasteiger partial charge in [0.2, 0.25) is 0 Å². The van der Waals surface area contributed by atoms with Crippen LogP contribution in [0.25, 0.3) is 0 Å². The number of likely N-dealkylation sites (N-methyl/N-ethyl adjacent to an activating group) is 1. The number of hydrogen-bond acceptors (Lipinski definition) is 6. The first-order chi connectivity index (χ1) is 12.1. The summed E-state index contributed by atoms with van der Waals surface area (Å²) in [5.74, 6) is -0.145. The number of carbonyl (C=O) groups excluding carboxylic acids is 2. The standard InChI is InChI=1S/C18H16N2O5/c1-20-13-7-5-4-6-12(13)16(17(20)21)19-25-18(22)11-8-9-14(23-2)15(10-11)24-3/h4-10H,1-3H3. The molecule has 1 amide bonds. The van der Waals surface area contributed by atoms with Crippen molar-refractivity contribution in [2.75, 3.05) is 26.2 Å². The maximum atomic E-state index is 12.3. The van der Waals surface area contributed by atoms with Crippen LogP contribution >= 0.6 is 0 Å². The fourth-order valence-corrected chi connectivity index (χ4v) is 2.54. The van der Waals surface area contributed by atoms with Crippen molar-refractivity contribution in [3.8, 4) is 11.5 Å². The monoisotopic (exact) mass is 340 g/mol. The first-order valence-electron chi connectivity index (χ1n) is 7.45. The molecule has 1 aliphatic heterocycles. The van der Waals surface area contributed by atoms with Gasteiger partial charge in [0.05, 0.1) is 25.5 Å². The molecule has 2 aromatic carbocycles. The molecule has 1 aliphatic rings. The quantitative estimate of drug-likeness (QED) is 0.630. The number of fused-ring (bicyclic) bond motifs is 1. The van der Waals surface area contributed by atoms with Gasteiger partial charge in [-0.15, -0.1) is 0 Å². The Morgan fingerprint density at radius 3 is 2.48 bits per heavy atom. The van der Waals surface area contributed by atoms with Gasteiger partial charge in [0.1, 0.15) is 0 Å². The van der Waals surface area contributed by atoms with Gasteiger partial charge in [-0.25, -0.2) is 4.79 Å². The summed E-state index contributed by atoms with van der Waals surface area (Å²) in [6, 6.07) is 11.8. The summed E-state index contributed by atoms with van der Waals surface area (Å²) in [7, 11) is 4.61. The van der Waals surface area contributed by atoms with Gasteiger partial charge in [-0.2, -0.15) is 0 Å². The van der Waals surface area contributed by atoms with Crippen molar-refractivity contribution in [3.05, 3.63) is 53.6 Å². The summed E-state index contributed by atoms with van der Waals surface area (Å²) < 4.78 is 10.3. The summed E-state index contributed by atoms with van der Waals surface area (Å²) in [6.07, 6.45) is 0. The van der Waals surface area contributed by atoms with Crippen LogP contribution < -0.4 is 14.4 Å². The van der Waals surface area contributed by atoms with Crippen molar-refractivity contribution in [3.63, 3.8) is 0 Å². The summed E-state index contributed by atoms with van der Waals surface area (Å²) in [4.78, 5) is 30.9. The minimum atomic E-state index is -0.701. The lowest BCUT2D eigenvalue weighted by Gasteiger charge is -2.08. The lowest BCUT2D eigenvalue weighted by molar-refractivity contribution is -0.112. The molecule has 25 heavy (non-hydrogen) atoms. The van der Waals surface area contributed by atoms with E-state index in [1.54, 1.807) is 31.3 Å². The smallest absolute Gasteiger partial charge is 0.365 e. The fourth-order valence-electron chi connectivity index (χ4n) is 2.54. The number of anilines is 1. The molecule has 0 radical (unpaired) electrons. The van der Waals surface area contributed by atoms with Crippen LogP contribution in [0.15, 0.2) is 47.6 Å². The van der Waals surface area contributed by atoms with Crippen LogP contribution in [0.3, 0.4) is 0 Å². The van der Waals surface area contributed by atoms with Gasteiger partial charge in [0, 0.05) is 12.6 Å². The zero-order chi connectivity index (χ0) is 18.0. The first kappa shape index (κ1) is 16.5. The number of rotatable bonds is 4. The minimum Gasteiger partial charge on any atom is -0.493 e. The molecule has 0 spiro atoms. The fraction of sp³-hybridized carbons (Fsp3) is 0.167. The largest absolute Gasteiger partial charge is 0.493 e. The van der Waals surface area contributed by atoms with E-state index in [2.05, 4.69) is 5.16 Å². The Bertz CT molecular complexity index is 876. The predicted octanol–water partition coefficient (Wildman–Crippen LogP) is 2.24. The van der Waals surface area contributed by atoms with E-state index in [1.165, 1.54) is 31.3 Å². The molecule has 0 fully saturated rings. The van der Waals surface area contributed by atoms with Gasteiger partial charge in [0.25, 0.3) is 5.91 Å². The highest BCUT2D eigenvalue weighted by atomic mass is 16.7. The van der Waals surface area contributed by atoms with E-state index >= 15 is 0 Å². The van der Waals surface area contributed by atoms with Crippen molar-refractivity contribution in [1.29, 1.82) is 0 Å². The summed E-state index contributed by atoms with van der Waals surface area (Å²) in [5, 5.41) is 3.77. The lowest BCUT2D eigenvalue weighted by Crippen LogP contribution is -2.25.